The zero-order valence-corrected chi connectivity index (χ0v) is 31.9. The van der Waals surface area contributed by atoms with Gasteiger partial charge in [-0.2, -0.15) is 0 Å². The maximum absolute atomic E-state index is 5.83. The molecule has 2 rings (SSSR count). The number of aryl methyl sites for hydroxylation is 2. The molecule has 0 aliphatic carbocycles. The third-order valence-corrected chi connectivity index (χ3v) is 9.69. The summed E-state index contributed by atoms with van der Waals surface area (Å²) in [5.74, 6) is 0. The second kappa shape index (κ2) is 27.9. The van der Waals surface area contributed by atoms with Crippen molar-refractivity contribution in [3.63, 3.8) is 0 Å². The van der Waals surface area contributed by atoms with Crippen LogP contribution in [0.4, 0.5) is 11.4 Å². The summed E-state index contributed by atoms with van der Waals surface area (Å²) in [5, 5.41) is 0. The predicted octanol–water partition coefficient (Wildman–Crippen LogP) is 14.3. The normalized spacial score (nSPS) is 12.7. The van der Waals surface area contributed by atoms with Gasteiger partial charge in [0, 0.05) is 0 Å². The van der Waals surface area contributed by atoms with Gasteiger partial charge < -0.3 is 0 Å². The molecule has 0 spiro atoms. The van der Waals surface area contributed by atoms with E-state index in [1.165, 1.54) is 127 Å². The summed E-state index contributed by atoms with van der Waals surface area (Å²) in [6.07, 6.45) is 35.3. The fourth-order valence-electron chi connectivity index (χ4n) is 6.21. The molecule has 0 atom stereocenters. The Kier molecular flexibility index (Phi) is 24.5. The van der Waals surface area contributed by atoms with Gasteiger partial charge in [0.2, 0.25) is 0 Å². The molecule has 2 nitrogen and oxygen atoms in total. The quantitative estimate of drug-likeness (QED) is 0.0481. The average Bonchev–Trinajstić information content (AvgIpc) is 3.09. The Bertz CT molecular complexity index is 1160. The topological polar surface area (TPSA) is 15.4 Å². The van der Waals surface area contributed by atoms with Crippen molar-refractivity contribution in [3.05, 3.63) is 71.8 Å². The second-order valence-corrected chi connectivity index (χ2v) is 14.1. The molecule has 0 bridgehead atoms. The number of nitrogens with zero attached hydrogens (tertiary/aromatic N) is 2. The molecule has 0 unspecified atom stereocenters. The molecule has 0 amide bonds. The van der Waals surface area contributed by atoms with Crippen molar-refractivity contribution in [2.45, 2.75) is 182 Å². The fourth-order valence-corrected chi connectivity index (χ4v) is 6.54. The van der Waals surface area contributed by atoms with Gasteiger partial charge in [-0.3, -0.25) is 0 Å². The van der Waals surface area contributed by atoms with Crippen molar-refractivity contribution in [1.82, 2.24) is 0 Å². The molecule has 2 aromatic rings. The molecule has 265 valence electrons. The van der Waals surface area contributed by atoms with E-state index in [9.17, 15) is 0 Å². The summed E-state index contributed by atoms with van der Waals surface area (Å²) in [7, 11) is 0. The SMILES string of the molecule is CCCCCCCCCCCCCCC=CC(C(CCCC)=Nc1cccc(CCCCC)c1)=[N+]([Ni])c1cccc(CCCCC)c1. The second-order valence-electron chi connectivity index (χ2n) is 13.6. The van der Waals surface area contributed by atoms with Crippen LogP contribution in [0.15, 0.2) is 65.7 Å². The van der Waals surface area contributed by atoms with E-state index >= 15 is 0 Å². The summed E-state index contributed by atoms with van der Waals surface area (Å²) in [5.41, 5.74) is 7.12. The predicted molar refractivity (Wildman–Crippen MR) is 206 cm³/mol. The zero-order chi connectivity index (χ0) is 33.8. The van der Waals surface area contributed by atoms with Gasteiger partial charge in [0.15, 0.2) is 0 Å². The first kappa shape index (κ1) is 41.2. The number of hydrogen-bond donors (Lipinski definition) is 0. The van der Waals surface area contributed by atoms with Crippen molar-refractivity contribution in [2.75, 3.05) is 0 Å². The Morgan fingerprint density at radius 2 is 1.11 bits per heavy atom. The van der Waals surface area contributed by atoms with E-state index in [1.807, 2.05) is 3.66 Å². The van der Waals surface area contributed by atoms with Gasteiger partial charge in [-0.1, -0.05) is 39.0 Å². The monoisotopic (exact) mass is 684 g/mol. The first-order valence-corrected chi connectivity index (χ1v) is 20.3. The molecule has 2 aromatic carbocycles. The van der Waals surface area contributed by atoms with Gasteiger partial charge in [-0.05, 0) is 0 Å². The first-order chi connectivity index (χ1) is 23.1. The molecule has 0 aliphatic rings. The van der Waals surface area contributed by atoms with Crippen LogP contribution in [0.25, 0.3) is 0 Å². The van der Waals surface area contributed by atoms with Crippen molar-refractivity contribution >= 4 is 22.8 Å². The van der Waals surface area contributed by atoms with Crippen molar-refractivity contribution in [1.29, 1.82) is 0 Å². The number of aliphatic imine (C=N–C) groups is 1. The van der Waals surface area contributed by atoms with Crippen LogP contribution in [0.3, 0.4) is 0 Å². The van der Waals surface area contributed by atoms with E-state index in [0.717, 1.165) is 61.3 Å². The number of rotatable bonds is 28. The van der Waals surface area contributed by atoms with Gasteiger partial charge in [-0.15, -0.1) is 0 Å². The van der Waals surface area contributed by atoms with Crippen LogP contribution in [0, 0.1) is 0 Å². The van der Waals surface area contributed by atoms with Crippen LogP contribution < -0.4 is 0 Å². The summed E-state index contributed by atoms with van der Waals surface area (Å²) in [6, 6.07) is 17.8. The van der Waals surface area contributed by atoms with Gasteiger partial charge in [0.25, 0.3) is 0 Å². The molecular formula is C44H70N2Ni+. The number of hydrogen-bond acceptors (Lipinski definition) is 1. The van der Waals surface area contributed by atoms with Crippen LogP contribution in [0.2, 0.25) is 0 Å². The Hall–Kier alpha value is -1.99. The van der Waals surface area contributed by atoms with Crippen LogP contribution in [-0.2, 0) is 28.5 Å². The molecular weight excluding hydrogens is 615 g/mol. The Morgan fingerprint density at radius 3 is 1.70 bits per heavy atom. The molecule has 0 saturated carbocycles. The number of unbranched alkanes of at least 4 members (excludes halogenated alkanes) is 17. The molecule has 47 heavy (non-hydrogen) atoms. The van der Waals surface area contributed by atoms with Crippen LogP contribution in [-0.4, -0.2) is 15.1 Å². The van der Waals surface area contributed by atoms with Gasteiger partial charge in [-0.25, -0.2) is 0 Å². The molecule has 0 aromatic heterocycles. The summed E-state index contributed by atoms with van der Waals surface area (Å²) in [4.78, 5) is 5.33. The average molecular weight is 686 g/mol. The van der Waals surface area contributed by atoms with E-state index in [0.29, 0.717) is 0 Å². The molecule has 0 aliphatic heterocycles. The first-order valence-electron chi connectivity index (χ1n) is 19.8. The third kappa shape index (κ3) is 19.0. The third-order valence-electron chi connectivity index (χ3n) is 9.19. The minimum absolute atomic E-state index is 0.935. The van der Waals surface area contributed by atoms with Crippen molar-refractivity contribution < 1.29 is 19.3 Å². The molecule has 3 heteroatoms. The van der Waals surface area contributed by atoms with E-state index < -0.39 is 0 Å². The molecule has 0 saturated heterocycles. The summed E-state index contributed by atoms with van der Waals surface area (Å²) < 4.78 is 2.03. The summed E-state index contributed by atoms with van der Waals surface area (Å²) >= 11 is 5.83. The van der Waals surface area contributed by atoms with Crippen molar-refractivity contribution in [3.8, 4) is 0 Å². The summed E-state index contributed by atoms with van der Waals surface area (Å²) in [6.45, 7) is 9.10. The fraction of sp³-hybridized carbons (Fsp3) is 0.636. The Balaban J connectivity index is 2.18. The van der Waals surface area contributed by atoms with E-state index in [4.69, 9.17) is 20.7 Å². The van der Waals surface area contributed by atoms with E-state index in [2.05, 4.69) is 88.4 Å². The minimum atomic E-state index is 0.935. The van der Waals surface area contributed by atoms with Crippen LogP contribution >= 0.6 is 0 Å². The van der Waals surface area contributed by atoms with Crippen molar-refractivity contribution in [2.24, 2.45) is 4.99 Å². The number of benzene rings is 2. The molecule has 0 N–H and O–H groups in total. The molecule has 0 heterocycles. The molecule has 0 fully saturated rings. The maximum atomic E-state index is 5.83. The zero-order valence-electron chi connectivity index (χ0n) is 31.0. The van der Waals surface area contributed by atoms with Gasteiger partial charge in [0.1, 0.15) is 0 Å². The van der Waals surface area contributed by atoms with Gasteiger partial charge >= 0.3 is 262 Å². The Morgan fingerprint density at radius 1 is 0.596 bits per heavy atom. The van der Waals surface area contributed by atoms with Gasteiger partial charge in [0.05, 0.1) is 0 Å². The van der Waals surface area contributed by atoms with E-state index in [1.54, 1.807) is 0 Å². The van der Waals surface area contributed by atoms with Crippen LogP contribution in [0.1, 0.15) is 180 Å². The van der Waals surface area contributed by atoms with E-state index in [-0.39, 0.29) is 0 Å². The number of allylic oxidation sites excluding steroid dienone is 2. The standard InChI is InChI=1S/C44H70N2.Ni/c1-5-9-13-14-15-16-17-18-19-20-21-22-23-26-36-44(46-42-34-28-32-40(38-42)30-25-11-7-3)43(35-12-8-4)45-41-33-27-31-39(37-41)29-24-10-6-2;/h26-28,31-34,36-38H,5-25,29-30,35H2,1-4H3;/q;+1. The molecule has 0 radical (unpaired) electrons. The van der Waals surface area contributed by atoms with Crippen LogP contribution in [0.5, 0.6) is 0 Å². The Labute approximate surface area is 299 Å².